The van der Waals surface area contributed by atoms with Crippen LogP contribution in [0.15, 0.2) is 0 Å². The fourth-order valence-corrected chi connectivity index (χ4v) is 2.56. The molecular weight excluding hydrogens is 183 g/mol. The monoisotopic (exact) mass is 196 g/mol. The largest absolute Gasteiger partial charge is 0.279 e. The van der Waals surface area contributed by atoms with Crippen molar-refractivity contribution in [1.29, 1.82) is 0 Å². The Labute approximate surface area is 71.9 Å². The molecule has 1 fully saturated rings. The molecular formula is C6H13FN2O2S. The second-order valence-corrected chi connectivity index (χ2v) is 4.60. The molecule has 1 unspecified atom stereocenters. The molecule has 0 aromatic carbocycles. The quantitative estimate of drug-likeness (QED) is 0.684. The van der Waals surface area contributed by atoms with E-state index in [9.17, 15) is 12.8 Å². The predicted octanol–water partition coefficient (Wildman–Crippen LogP) is -0.115. The van der Waals surface area contributed by atoms with Crippen LogP contribution < -0.4 is 4.72 Å². The summed E-state index contributed by atoms with van der Waals surface area (Å²) < 4.78 is 38.1. The van der Waals surface area contributed by atoms with Gasteiger partial charge in [0.1, 0.15) is 6.67 Å². The van der Waals surface area contributed by atoms with Gasteiger partial charge in [-0.15, -0.1) is 0 Å². The molecule has 1 saturated heterocycles. The summed E-state index contributed by atoms with van der Waals surface area (Å²) in [6.07, 6.45) is 1.37. The van der Waals surface area contributed by atoms with Crippen LogP contribution in [0.3, 0.4) is 0 Å². The SMILES string of the molecule is CNS(=O)(=O)N1CCCC1CF. The topological polar surface area (TPSA) is 49.4 Å². The van der Waals surface area contributed by atoms with Crippen molar-refractivity contribution in [1.82, 2.24) is 9.03 Å². The Bertz CT molecular complexity index is 242. The van der Waals surface area contributed by atoms with Crippen molar-refractivity contribution in [3.63, 3.8) is 0 Å². The summed E-state index contributed by atoms with van der Waals surface area (Å²) in [5.41, 5.74) is 0. The summed E-state index contributed by atoms with van der Waals surface area (Å²) in [5, 5.41) is 0. The molecule has 0 amide bonds. The molecule has 0 bridgehead atoms. The Balaban J connectivity index is 2.74. The lowest BCUT2D eigenvalue weighted by atomic mass is 10.2. The fraction of sp³-hybridized carbons (Fsp3) is 1.00. The van der Waals surface area contributed by atoms with E-state index in [1.54, 1.807) is 0 Å². The maximum absolute atomic E-state index is 12.3. The summed E-state index contributed by atoms with van der Waals surface area (Å²) in [5.74, 6) is 0. The number of alkyl halides is 1. The average molecular weight is 196 g/mol. The first-order valence-electron chi connectivity index (χ1n) is 3.88. The highest BCUT2D eigenvalue weighted by Crippen LogP contribution is 2.19. The van der Waals surface area contributed by atoms with E-state index in [2.05, 4.69) is 4.72 Å². The lowest BCUT2D eigenvalue weighted by Crippen LogP contribution is -2.42. The molecule has 1 heterocycles. The van der Waals surface area contributed by atoms with Crippen LogP contribution in [-0.2, 0) is 10.2 Å². The van der Waals surface area contributed by atoms with E-state index in [1.165, 1.54) is 11.4 Å². The average Bonchev–Trinajstić information content (AvgIpc) is 2.52. The minimum Gasteiger partial charge on any atom is -0.249 e. The molecule has 0 aromatic rings. The number of nitrogens with one attached hydrogen (secondary N) is 1. The predicted molar refractivity (Wildman–Crippen MR) is 43.7 cm³/mol. The standard InChI is InChI=1S/C6H13FN2O2S/c1-8-12(10,11)9-4-2-3-6(9)5-7/h6,8H,2-5H2,1H3. The molecule has 0 radical (unpaired) electrons. The third-order valence-electron chi connectivity index (χ3n) is 2.07. The Kier molecular flexibility index (Phi) is 3.03. The van der Waals surface area contributed by atoms with Crippen molar-refractivity contribution in [2.24, 2.45) is 0 Å². The van der Waals surface area contributed by atoms with Crippen molar-refractivity contribution >= 4 is 10.2 Å². The van der Waals surface area contributed by atoms with Gasteiger partial charge in [0.2, 0.25) is 0 Å². The van der Waals surface area contributed by atoms with E-state index in [1.807, 2.05) is 0 Å². The van der Waals surface area contributed by atoms with Crippen LogP contribution in [0.1, 0.15) is 12.8 Å². The van der Waals surface area contributed by atoms with Crippen molar-refractivity contribution in [2.75, 3.05) is 20.3 Å². The highest BCUT2D eigenvalue weighted by Gasteiger charge is 2.32. The van der Waals surface area contributed by atoms with Gasteiger partial charge in [0, 0.05) is 13.6 Å². The molecule has 0 aliphatic carbocycles. The van der Waals surface area contributed by atoms with E-state index in [-0.39, 0.29) is 0 Å². The van der Waals surface area contributed by atoms with E-state index >= 15 is 0 Å². The molecule has 6 heteroatoms. The first kappa shape index (κ1) is 9.88. The van der Waals surface area contributed by atoms with Gasteiger partial charge in [-0.05, 0) is 12.8 Å². The van der Waals surface area contributed by atoms with Gasteiger partial charge in [-0.2, -0.15) is 12.7 Å². The van der Waals surface area contributed by atoms with E-state index in [4.69, 9.17) is 0 Å². The summed E-state index contributed by atoms with van der Waals surface area (Å²) >= 11 is 0. The third kappa shape index (κ3) is 1.75. The fourth-order valence-electron chi connectivity index (χ4n) is 1.40. The molecule has 72 valence electrons. The molecule has 0 saturated carbocycles. The zero-order valence-corrected chi connectivity index (χ0v) is 7.77. The minimum atomic E-state index is -3.42. The molecule has 4 nitrogen and oxygen atoms in total. The Morgan fingerprint density at radius 1 is 1.67 bits per heavy atom. The van der Waals surface area contributed by atoms with Gasteiger partial charge in [-0.25, -0.2) is 9.11 Å². The van der Waals surface area contributed by atoms with Crippen LogP contribution in [0.5, 0.6) is 0 Å². The summed E-state index contributed by atoms with van der Waals surface area (Å²) in [7, 11) is -2.08. The highest BCUT2D eigenvalue weighted by atomic mass is 32.2. The number of nitrogens with zero attached hydrogens (tertiary/aromatic N) is 1. The second-order valence-electron chi connectivity index (χ2n) is 2.77. The van der Waals surface area contributed by atoms with Crippen molar-refractivity contribution in [2.45, 2.75) is 18.9 Å². The number of hydrogen-bond donors (Lipinski definition) is 1. The van der Waals surface area contributed by atoms with Crippen LogP contribution in [0.2, 0.25) is 0 Å². The van der Waals surface area contributed by atoms with Crippen LogP contribution >= 0.6 is 0 Å². The van der Waals surface area contributed by atoms with Gasteiger partial charge < -0.3 is 0 Å². The highest BCUT2D eigenvalue weighted by molar-refractivity contribution is 7.87. The van der Waals surface area contributed by atoms with Crippen LogP contribution in [0.4, 0.5) is 4.39 Å². The van der Waals surface area contributed by atoms with Crippen LogP contribution in [0, 0.1) is 0 Å². The van der Waals surface area contributed by atoms with Gasteiger partial charge >= 0.3 is 0 Å². The molecule has 0 spiro atoms. The molecule has 12 heavy (non-hydrogen) atoms. The summed E-state index contributed by atoms with van der Waals surface area (Å²) in [6.45, 7) is -0.168. The smallest absolute Gasteiger partial charge is 0.249 e. The zero-order chi connectivity index (χ0) is 9.19. The van der Waals surface area contributed by atoms with Crippen LogP contribution in [-0.4, -0.2) is 39.0 Å². The Morgan fingerprint density at radius 3 is 2.83 bits per heavy atom. The first-order valence-corrected chi connectivity index (χ1v) is 5.32. The van der Waals surface area contributed by atoms with E-state index in [0.717, 1.165) is 6.42 Å². The maximum Gasteiger partial charge on any atom is 0.279 e. The molecule has 0 aromatic heterocycles. The van der Waals surface area contributed by atoms with Crippen molar-refractivity contribution < 1.29 is 12.8 Å². The molecule has 1 atom stereocenters. The van der Waals surface area contributed by atoms with Gasteiger partial charge in [0.15, 0.2) is 0 Å². The van der Waals surface area contributed by atoms with Gasteiger partial charge in [0.25, 0.3) is 10.2 Å². The molecule has 1 aliphatic rings. The molecule has 1 N–H and O–H groups in total. The van der Waals surface area contributed by atoms with Gasteiger partial charge in [-0.3, -0.25) is 0 Å². The van der Waals surface area contributed by atoms with Gasteiger partial charge in [-0.1, -0.05) is 0 Å². The number of rotatable bonds is 3. The second kappa shape index (κ2) is 3.68. The summed E-state index contributed by atoms with van der Waals surface area (Å²) in [6, 6.07) is -0.456. The van der Waals surface area contributed by atoms with Crippen LogP contribution in [0.25, 0.3) is 0 Å². The lowest BCUT2D eigenvalue weighted by Gasteiger charge is -2.20. The summed E-state index contributed by atoms with van der Waals surface area (Å²) in [4.78, 5) is 0. The molecule has 1 aliphatic heterocycles. The number of hydrogen-bond acceptors (Lipinski definition) is 2. The van der Waals surface area contributed by atoms with Crippen molar-refractivity contribution in [3.05, 3.63) is 0 Å². The maximum atomic E-state index is 12.3. The normalized spacial score (nSPS) is 26.3. The van der Waals surface area contributed by atoms with Gasteiger partial charge in [0.05, 0.1) is 6.04 Å². The lowest BCUT2D eigenvalue weighted by molar-refractivity contribution is 0.309. The Hall–Kier alpha value is -0.200. The van der Waals surface area contributed by atoms with Crippen molar-refractivity contribution in [3.8, 4) is 0 Å². The van der Waals surface area contributed by atoms with E-state index < -0.39 is 22.9 Å². The Morgan fingerprint density at radius 2 is 2.33 bits per heavy atom. The zero-order valence-electron chi connectivity index (χ0n) is 6.96. The van der Waals surface area contributed by atoms with E-state index in [0.29, 0.717) is 13.0 Å². The minimum absolute atomic E-state index is 0.428. The molecule has 1 rings (SSSR count). The third-order valence-corrected chi connectivity index (χ3v) is 3.68. The number of halogens is 1. The first-order chi connectivity index (χ1) is 5.61.